The van der Waals surface area contributed by atoms with Crippen LogP contribution in [0, 0.1) is 53.3 Å². The Labute approximate surface area is 290 Å². The van der Waals surface area contributed by atoms with E-state index in [9.17, 15) is 15.0 Å². The molecule has 0 aromatic rings. The van der Waals surface area contributed by atoms with E-state index in [1.54, 1.807) is 0 Å². The van der Waals surface area contributed by atoms with Crippen LogP contribution in [0.15, 0.2) is 0 Å². The van der Waals surface area contributed by atoms with Crippen LogP contribution in [-0.4, -0.2) is 22.3 Å². The Morgan fingerprint density at radius 2 is 0.717 bits per heavy atom. The summed E-state index contributed by atoms with van der Waals surface area (Å²) in [4.78, 5) is 11.2. The van der Waals surface area contributed by atoms with Crippen molar-refractivity contribution in [3.63, 3.8) is 0 Å². The predicted molar refractivity (Wildman–Crippen MR) is 203 cm³/mol. The standard InChI is InChI=1S/C43H86O3/c1-11-12-13-14-15-16-17-18-19-20-21-22-23-24-42(44)40(9)31-38(7)29-36(5)27-34(3)25-33(2)26-35(4)28-37(6)30-39(8)32-41(10)43(45)46/h33-42,44H,11-32H2,1-10H3,(H,45,46)/t33-,34+,35-,36+,37-,38+,39-,40+,41-,42?/m0/s1. The molecule has 276 valence electrons. The van der Waals surface area contributed by atoms with Crippen LogP contribution in [0.3, 0.4) is 0 Å². The summed E-state index contributed by atoms with van der Waals surface area (Å²) < 4.78 is 0. The normalized spacial score (nSPS) is 18.7. The van der Waals surface area contributed by atoms with Crippen molar-refractivity contribution in [1.82, 2.24) is 0 Å². The first-order chi connectivity index (χ1) is 21.7. The maximum Gasteiger partial charge on any atom is 0.306 e. The van der Waals surface area contributed by atoms with Crippen molar-refractivity contribution in [3.05, 3.63) is 0 Å². The van der Waals surface area contributed by atoms with Crippen molar-refractivity contribution >= 4 is 5.97 Å². The molecule has 0 fully saturated rings. The molecule has 1 unspecified atom stereocenters. The van der Waals surface area contributed by atoms with Crippen LogP contribution in [0.2, 0.25) is 0 Å². The second-order valence-corrected chi connectivity index (χ2v) is 17.4. The van der Waals surface area contributed by atoms with Crippen molar-refractivity contribution in [2.75, 3.05) is 0 Å². The van der Waals surface area contributed by atoms with E-state index < -0.39 is 5.97 Å². The number of aliphatic carboxylic acids is 1. The van der Waals surface area contributed by atoms with Gasteiger partial charge in [-0.05, 0) is 105 Å². The third-order valence-electron chi connectivity index (χ3n) is 11.0. The highest BCUT2D eigenvalue weighted by Crippen LogP contribution is 2.32. The lowest BCUT2D eigenvalue weighted by molar-refractivity contribution is -0.141. The Hall–Kier alpha value is -0.570. The minimum atomic E-state index is -0.664. The van der Waals surface area contributed by atoms with Crippen molar-refractivity contribution in [1.29, 1.82) is 0 Å². The van der Waals surface area contributed by atoms with Gasteiger partial charge in [0.2, 0.25) is 0 Å². The van der Waals surface area contributed by atoms with Gasteiger partial charge < -0.3 is 10.2 Å². The number of aliphatic hydroxyl groups is 1. The summed E-state index contributed by atoms with van der Waals surface area (Å²) in [5, 5.41) is 20.0. The minimum absolute atomic E-state index is 0.133. The van der Waals surface area contributed by atoms with Gasteiger partial charge in [-0.2, -0.15) is 0 Å². The highest BCUT2D eigenvalue weighted by molar-refractivity contribution is 5.69. The molecule has 0 aliphatic heterocycles. The number of unbranched alkanes of at least 4 members (excludes halogenated alkanes) is 12. The number of carboxylic acid groups (broad SMARTS) is 1. The Morgan fingerprint density at radius 1 is 0.435 bits per heavy atom. The molecule has 0 amide bonds. The average Bonchev–Trinajstić information content (AvgIpc) is 2.94. The largest absolute Gasteiger partial charge is 0.481 e. The van der Waals surface area contributed by atoms with Crippen LogP contribution < -0.4 is 0 Å². The zero-order valence-electron chi connectivity index (χ0n) is 33.1. The smallest absolute Gasteiger partial charge is 0.306 e. The number of aliphatic hydroxyl groups excluding tert-OH is 1. The zero-order chi connectivity index (χ0) is 34.9. The number of hydrogen-bond acceptors (Lipinski definition) is 2. The molecule has 0 aromatic carbocycles. The van der Waals surface area contributed by atoms with E-state index in [-0.39, 0.29) is 12.0 Å². The molecule has 0 spiro atoms. The molecule has 2 N–H and O–H groups in total. The summed E-state index contributed by atoms with van der Waals surface area (Å²) in [6, 6.07) is 0. The van der Waals surface area contributed by atoms with Crippen LogP contribution in [-0.2, 0) is 4.79 Å². The van der Waals surface area contributed by atoms with E-state index in [0.29, 0.717) is 23.7 Å². The van der Waals surface area contributed by atoms with Gasteiger partial charge in [-0.1, -0.05) is 153 Å². The van der Waals surface area contributed by atoms with E-state index in [4.69, 9.17) is 0 Å². The summed E-state index contributed by atoms with van der Waals surface area (Å²) in [7, 11) is 0. The minimum Gasteiger partial charge on any atom is -0.481 e. The zero-order valence-corrected chi connectivity index (χ0v) is 33.1. The van der Waals surface area contributed by atoms with Gasteiger partial charge in [-0.3, -0.25) is 4.79 Å². The molecular formula is C43H86O3. The molecule has 0 aliphatic rings. The van der Waals surface area contributed by atoms with Gasteiger partial charge in [0, 0.05) is 0 Å². The predicted octanol–water partition coefficient (Wildman–Crippen LogP) is 13.8. The van der Waals surface area contributed by atoms with Crippen molar-refractivity contribution in [2.45, 2.75) is 217 Å². The summed E-state index contributed by atoms with van der Waals surface area (Å²) in [5.74, 6) is 4.31. The monoisotopic (exact) mass is 651 g/mol. The summed E-state index contributed by atoms with van der Waals surface area (Å²) in [6.45, 7) is 23.2. The van der Waals surface area contributed by atoms with Gasteiger partial charge in [-0.15, -0.1) is 0 Å². The molecule has 0 bridgehead atoms. The fourth-order valence-corrected chi connectivity index (χ4v) is 8.95. The summed E-state index contributed by atoms with van der Waals surface area (Å²) in [6.07, 6.45) is 28.3. The Balaban J connectivity index is 4.04. The molecule has 3 nitrogen and oxygen atoms in total. The van der Waals surface area contributed by atoms with E-state index in [1.165, 1.54) is 116 Å². The molecule has 0 radical (unpaired) electrons. The third kappa shape index (κ3) is 26.4. The van der Waals surface area contributed by atoms with E-state index >= 15 is 0 Å². The third-order valence-corrected chi connectivity index (χ3v) is 11.0. The van der Waals surface area contributed by atoms with Crippen molar-refractivity contribution in [2.24, 2.45) is 53.3 Å². The van der Waals surface area contributed by atoms with Crippen molar-refractivity contribution < 1.29 is 15.0 Å². The fourth-order valence-electron chi connectivity index (χ4n) is 8.95. The quantitative estimate of drug-likeness (QED) is 0.0712. The number of rotatable bonds is 32. The van der Waals surface area contributed by atoms with Gasteiger partial charge in [0.15, 0.2) is 0 Å². The molecule has 0 heterocycles. The first-order valence-corrected chi connectivity index (χ1v) is 20.7. The molecule has 0 saturated heterocycles. The maximum atomic E-state index is 11.2. The first-order valence-electron chi connectivity index (χ1n) is 20.7. The van der Waals surface area contributed by atoms with E-state index in [2.05, 4.69) is 62.3 Å². The number of hydrogen-bond donors (Lipinski definition) is 2. The topological polar surface area (TPSA) is 57.5 Å². The molecule has 46 heavy (non-hydrogen) atoms. The molecule has 0 rings (SSSR count). The lowest BCUT2D eigenvalue weighted by Gasteiger charge is -2.27. The number of carbonyl (C=O) groups is 1. The van der Waals surface area contributed by atoms with Crippen LogP contribution in [0.1, 0.15) is 210 Å². The fraction of sp³-hybridized carbons (Fsp3) is 0.977. The Kier molecular flexibility index (Phi) is 27.9. The van der Waals surface area contributed by atoms with Gasteiger partial charge >= 0.3 is 5.97 Å². The highest BCUT2D eigenvalue weighted by Gasteiger charge is 2.22. The first kappa shape index (κ1) is 45.4. The van der Waals surface area contributed by atoms with Crippen LogP contribution >= 0.6 is 0 Å². The van der Waals surface area contributed by atoms with Crippen LogP contribution in [0.4, 0.5) is 0 Å². The number of carboxylic acids is 1. The van der Waals surface area contributed by atoms with Gasteiger partial charge in [0.05, 0.1) is 12.0 Å². The SMILES string of the molecule is CCCCCCCCCCCCCCCC(O)[C@H](C)C[C@H](C)C[C@H](C)C[C@H](C)C[C@H](C)C[C@H](C)C[C@H](C)C[C@H](C)C[C@H](C)C(=O)O. The second-order valence-electron chi connectivity index (χ2n) is 17.4. The van der Waals surface area contributed by atoms with Gasteiger partial charge in [0.25, 0.3) is 0 Å². The summed E-state index contributed by atoms with van der Waals surface area (Å²) in [5.41, 5.74) is 0. The van der Waals surface area contributed by atoms with Gasteiger partial charge in [0.1, 0.15) is 0 Å². The van der Waals surface area contributed by atoms with E-state index in [1.807, 2.05) is 6.92 Å². The lowest BCUT2D eigenvalue weighted by Crippen LogP contribution is -2.21. The van der Waals surface area contributed by atoms with Crippen LogP contribution in [0.5, 0.6) is 0 Å². The highest BCUT2D eigenvalue weighted by atomic mass is 16.4. The lowest BCUT2D eigenvalue weighted by atomic mass is 9.79. The molecule has 3 heteroatoms. The van der Waals surface area contributed by atoms with Crippen LogP contribution in [0.25, 0.3) is 0 Å². The molecule has 0 aliphatic carbocycles. The second kappa shape index (κ2) is 28.3. The molecular weight excluding hydrogens is 564 g/mol. The van der Waals surface area contributed by atoms with Crippen molar-refractivity contribution in [3.8, 4) is 0 Å². The van der Waals surface area contributed by atoms with E-state index in [0.717, 1.165) is 49.4 Å². The molecule has 0 aromatic heterocycles. The van der Waals surface area contributed by atoms with Gasteiger partial charge in [-0.25, -0.2) is 0 Å². The summed E-state index contributed by atoms with van der Waals surface area (Å²) >= 11 is 0. The Bertz CT molecular complexity index is 692. The maximum absolute atomic E-state index is 11.2. The molecule has 0 saturated carbocycles. The average molecular weight is 651 g/mol. The molecule has 10 atom stereocenters. The Morgan fingerprint density at radius 3 is 1.04 bits per heavy atom.